The van der Waals surface area contributed by atoms with E-state index in [1.54, 1.807) is 12.1 Å². The molecule has 1 aliphatic carbocycles. The Hall–Kier alpha value is -3.73. The zero-order valence-corrected chi connectivity index (χ0v) is 19.3. The lowest BCUT2D eigenvalue weighted by Gasteiger charge is -2.25. The number of aromatic nitrogens is 5. The third-order valence-electron chi connectivity index (χ3n) is 6.85. The van der Waals surface area contributed by atoms with Gasteiger partial charge < -0.3 is 10.6 Å². The highest BCUT2D eigenvalue weighted by molar-refractivity contribution is 5.77. The third kappa shape index (κ3) is 4.23. The second-order valence-corrected chi connectivity index (χ2v) is 9.30. The van der Waals surface area contributed by atoms with Crippen molar-refractivity contribution in [2.75, 3.05) is 11.9 Å². The Kier molecular flexibility index (Phi) is 5.51. The molecule has 0 spiro atoms. The van der Waals surface area contributed by atoms with Gasteiger partial charge in [0.2, 0.25) is 5.95 Å². The molecule has 0 atom stereocenters. The van der Waals surface area contributed by atoms with E-state index >= 15 is 0 Å². The quantitative estimate of drug-likeness (QED) is 0.432. The van der Waals surface area contributed by atoms with Crippen LogP contribution in [0.25, 0.3) is 16.9 Å². The van der Waals surface area contributed by atoms with Gasteiger partial charge in [0.15, 0.2) is 11.5 Å². The van der Waals surface area contributed by atoms with Crippen LogP contribution < -0.4 is 16.2 Å². The van der Waals surface area contributed by atoms with Gasteiger partial charge in [0.1, 0.15) is 11.9 Å². The minimum atomic E-state index is -4.60. The second-order valence-electron chi connectivity index (χ2n) is 9.30. The topological polar surface area (TPSA) is 89.7 Å². The first-order valence-electron chi connectivity index (χ1n) is 12.0. The minimum Gasteiger partial charge on any atom is -0.324 e. The van der Waals surface area contributed by atoms with Crippen molar-refractivity contribution in [2.24, 2.45) is 0 Å². The van der Waals surface area contributed by atoms with Crippen molar-refractivity contribution < 1.29 is 13.2 Å². The molecule has 36 heavy (non-hydrogen) atoms. The number of anilines is 2. The molecule has 1 aliphatic heterocycles. The van der Waals surface area contributed by atoms with Crippen LogP contribution >= 0.6 is 0 Å². The van der Waals surface area contributed by atoms with E-state index in [9.17, 15) is 18.0 Å². The standard InChI is InChI=1S/C25H24F3N7O/c26-25(27,28)14-34-23(36)19-13-30-24(31-18-8-7-15-9-10-29-12-17(15)11-18)33-22(19)35(34)21-6-2-5-20(32-21)16-3-1-4-16/h2,5-8,11,13,16,29H,1,3-4,9-10,12,14H2,(H,30,31,33). The van der Waals surface area contributed by atoms with Crippen molar-refractivity contribution in [1.82, 2.24) is 29.6 Å². The van der Waals surface area contributed by atoms with Crippen molar-refractivity contribution in [3.63, 3.8) is 0 Å². The summed E-state index contributed by atoms with van der Waals surface area (Å²) in [5.74, 6) is 0.680. The first kappa shape index (κ1) is 22.7. The molecule has 0 radical (unpaired) electrons. The fraction of sp³-hybridized carbons (Fsp3) is 0.360. The van der Waals surface area contributed by atoms with Crippen LogP contribution in [0.4, 0.5) is 24.8 Å². The van der Waals surface area contributed by atoms with Crippen molar-refractivity contribution in [1.29, 1.82) is 0 Å². The molecular weight excluding hydrogens is 471 g/mol. The monoisotopic (exact) mass is 495 g/mol. The molecule has 0 bridgehead atoms. The molecule has 1 saturated carbocycles. The number of nitrogens with one attached hydrogen (secondary N) is 2. The molecule has 11 heteroatoms. The summed E-state index contributed by atoms with van der Waals surface area (Å²) in [5, 5.41) is 6.46. The Labute approximate surface area is 204 Å². The number of halogens is 3. The molecule has 1 aromatic carbocycles. The Morgan fingerprint density at radius 2 is 1.97 bits per heavy atom. The lowest BCUT2D eigenvalue weighted by atomic mass is 9.83. The maximum absolute atomic E-state index is 13.5. The minimum absolute atomic E-state index is 0.00436. The summed E-state index contributed by atoms with van der Waals surface area (Å²) in [7, 11) is 0. The van der Waals surface area contributed by atoms with E-state index in [-0.39, 0.29) is 28.7 Å². The highest BCUT2D eigenvalue weighted by Crippen LogP contribution is 2.35. The zero-order chi connectivity index (χ0) is 24.9. The largest absolute Gasteiger partial charge is 0.408 e. The normalized spacial score (nSPS) is 16.1. The van der Waals surface area contributed by atoms with Crippen LogP contribution in [-0.4, -0.2) is 37.0 Å². The van der Waals surface area contributed by atoms with E-state index < -0.39 is 18.3 Å². The molecule has 4 heterocycles. The Bertz CT molecular complexity index is 1500. The van der Waals surface area contributed by atoms with Gasteiger partial charge in [-0.1, -0.05) is 18.6 Å². The molecule has 0 unspecified atom stereocenters. The van der Waals surface area contributed by atoms with Crippen LogP contribution in [0, 0.1) is 0 Å². The van der Waals surface area contributed by atoms with Gasteiger partial charge in [0, 0.05) is 30.0 Å². The molecule has 3 aromatic heterocycles. The summed E-state index contributed by atoms with van der Waals surface area (Å²) >= 11 is 0. The molecule has 6 rings (SSSR count). The summed E-state index contributed by atoms with van der Waals surface area (Å²) < 4.78 is 42.2. The summed E-state index contributed by atoms with van der Waals surface area (Å²) in [4.78, 5) is 26.4. The van der Waals surface area contributed by atoms with Gasteiger partial charge in [0.25, 0.3) is 5.56 Å². The first-order chi connectivity index (χ1) is 17.4. The van der Waals surface area contributed by atoms with Gasteiger partial charge in [-0.25, -0.2) is 19.3 Å². The SMILES string of the molecule is O=c1c2cnc(Nc3ccc4c(c3)CNCC4)nc2n(-c2cccc(C3CCC3)n2)n1CC(F)(F)F. The zero-order valence-electron chi connectivity index (χ0n) is 19.3. The van der Waals surface area contributed by atoms with Gasteiger partial charge in [-0.15, -0.1) is 0 Å². The van der Waals surface area contributed by atoms with Crippen molar-refractivity contribution in [2.45, 2.75) is 50.9 Å². The molecule has 0 amide bonds. The lowest BCUT2D eigenvalue weighted by Crippen LogP contribution is -2.30. The van der Waals surface area contributed by atoms with Crippen molar-refractivity contribution in [3.05, 3.63) is 69.8 Å². The average Bonchev–Trinajstić information content (AvgIpc) is 3.07. The Morgan fingerprint density at radius 3 is 2.75 bits per heavy atom. The molecule has 1 fully saturated rings. The van der Waals surface area contributed by atoms with E-state index in [0.717, 1.165) is 60.4 Å². The van der Waals surface area contributed by atoms with E-state index in [1.807, 2.05) is 24.3 Å². The predicted molar refractivity (Wildman–Crippen MR) is 129 cm³/mol. The van der Waals surface area contributed by atoms with Crippen molar-refractivity contribution >= 4 is 22.7 Å². The Morgan fingerprint density at radius 1 is 1.11 bits per heavy atom. The molecule has 0 saturated heterocycles. The number of benzene rings is 1. The molecule has 2 N–H and O–H groups in total. The number of nitrogens with zero attached hydrogens (tertiary/aromatic N) is 5. The van der Waals surface area contributed by atoms with Gasteiger partial charge in [-0.05, 0) is 61.2 Å². The van der Waals surface area contributed by atoms with Crippen LogP contribution in [0.2, 0.25) is 0 Å². The van der Waals surface area contributed by atoms with Crippen LogP contribution in [0.15, 0.2) is 47.4 Å². The van der Waals surface area contributed by atoms with Crippen LogP contribution in [0.3, 0.4) is 0 Å². The maximum atomic E-state index is 13.5. The van der Waals surface area contributed by atoms with Crippen LogP contribution in [-0.2, 0) is 19.5 Å². The lowest BCUT2D eigenvalue weighted by molar-refractivity contribution is -0.144. The number of hydrogen-bond acceptors (Lipinski definition) is 6. The van der Waals surface area contributed by atoms with Crippen LogP contribution in [0.1, 0.15) is 42.0 Å². The van der Waals surface area contributed by atoms with Crippen LogP contribution in [0.5, 0.6) is 0 Å². The highest BCUT2D eigenvalue weighted by atomic mass is 19.4. The predicted octanol–water partition coefficient (Wildman–Crippen LogP) is 4.20. The first-order valence-corrected chi connectivity index (χ1v) is 12.0. The number of rotatable bonds is 5. The smallest absolute Gasteiger partial charge is 0.324 e. The van der Waals surface area contributed by atoms with Gasteiger partial charge in [-0.3, -0.25) is 4.79 Å². The number of alkyl halides is 3. The maximum Gasteiger partial charge on any atom is 0.408 e. The fourth-order valence-electron chi connectivity index (χ4n) is 4.81. The summed E-state index contributed by atoms with van der Waals surface area (Å²) in [6.45, 7) is 0.230. The molecule has 186 valence electrons. The summed E-state index contributed by atoms with van der Waals surface area (Å²) in [5.41, 5.74) is 3.25. The third-order valence-corrected chi connectivity index (χ3v) is 6.85. The van der Waals surface area contributed by atoms with E-state index in [2.05, 4.69) is 25.6 Å². The van der Waals surface area contributed by atoms with Crippen molar-refractivity contribution in [3.8, 4) is 5.82 Å². The van der Waals surface area contributed by atoms with E-state index in [4.69, 9.17) is 0 Å². The number of pyridine rings is 1. The molecule has 8 nitrogen and oxygen atoms in total. The molecular formula is C25H24F3N7O. The highest BCUT2D eigenvalue weighted by Gasteiger charge is 2.32. The average molecular weight is 496 g/mol. The van der Waals surface area contributed by atoms with Gasteiger partial charge in [-0.2, -0.15) is 18.2 Å². The second kappa shape index (κ2) is 8.74. The number of hydrogen-bond donors (Lipinski definition) is 2. The molecule has 2 aliphatic rings. The summed E-state index contributed by atoms with van der Waals surface area (Å²) in [6.07, 6.45) is 0.696. The van der Waals surface area contributed by atoms with Gasteiger partial charge >= 0.3 is 6.18 Å². The molecule has 4 aromatic rings. The Balaban J connectivity index is 1.45. The fourth-order valence-corrected chi connectivity index (χ4v) is 4.81. The summed E-state index contributed by atoms with van der Waals surface area (Å²) in [6, 6.07) is 11.2. The van der Waals surface area contributed by atoms with E-state index in [1.165, 1.54) is 11.8 Å². The number of fused-ring (bicyclic) bond motifs is 2. The van der Waals surface area contributed by atoms with Gasteiger partial charge in [0.05, 0.1) is 0 Å². The van der Waals surface area contributed by atoms with E-state index in [0.29, 0.717) is 4.68 Å².